The van der Waals surface area contributed by atoms with Gasteiger partial charge in [0.25, 0.3) is 0 Å². The monoisotopic (exact) mass is 340 g/mol. The number of aryl methyl sites for hydroxylation is 1. The normalized spacial score (nSPS) is 15.4. The Morgan fingerprint density at radius 1 is 1.04 bits per heavy atom. The number of carbonyl (C=O) groups is 2. The van der Waals surface area contributed by atoms with Crippen molar-refractivity contribution < 1.29 is 19.1 Å². The Hall–Kier alpha value is -3.02. The van der Waals surface area contributed by atoms with E-state index < -0.39 is 11.8 Å². The molecule has 1 aliphatic heterocycles. The van der Waals surface area contributed by atoms with Crippen molar-refractivity contribution >= 4 is 17.5 Å². The van der Waals surface area contributed by atoms with Gasteiger partial charge in [-0.25, -0.2) is 0 Å². The average Bonchev–Trinajstić information content (AvgIpc) is 2.63. The molecule has 0 radical (unpaired) electrons. The number of amides is 2. The molecule has 1 heterocycles. The molecule has 1 aliphatic rings. The lowest BCUT2D eigenvalue weighted by Crippen LogP contribution is -2.44. The number of hydrogen-bond donors (Lipinski definition) is 2. The minimum absolute atomic E-state index is 0.188. The van der Waals surface area contributed by atoms with Crippen LogP contribution in [0.5, 0.6) is 11.5 Å². The highest BCUT2D eigenvalue weighted by Gasteiger charge is 2.22. The van der Waals surface area contributed by atoms with E-state index in [1.165, 1.54) is 0 Å². The summed E-state index contributed by atoms with van der Waals surface area (Å²) in [5.74, 6) is -0.0974. The van der Waals surface area contributed by atoms with Gasteiger partial charge in [0.15, 0.2) is 11.5 Å². The standard InChI is InChI=1S/C19H20N2O4/c1-12-6-5-7-15(13(12)2)21-19(23)18(22)20-10-14-11-24-16-8-3-4-9-17(16)25-14/h3-9,14H,10-11H2,1-2H3,(H,20,22)(H,21,23). The summed E-state index contributed by atoms with van der Waals surface area (Å²) in [5, 5.41) is 5.21. The Bertz CT molecular complexity index is 804. The van der Waals surface area contributed by atoms with Crippen LogP contribution in [0.3, 0.4) is 0 Å². The van der Waals surface area contributed by atoms with Crippen molar-refractivity contribution in [1.82, 2.24) is 5.32 Å². The molecule has 2 aromatic carbocycles. The van der Waals surface area contributed by atoms with Gasteiger partial charge in [-0.05, 0) is 43.2 Å². The number of ether oxygens (including phenoxy) is 2. The second-order valence-electron chi connectivity index (χ2n) is 5.91. The molecule has 6 heteroatoms. The van der Waals surface area contributed by atoms with Crippen molar-refractivity contribution in [3.8, 4) is 11.5 Å². The molecule has 1 atom stereocenters. The summed E-state index contributed by atoms with van der Waals surface area (Å²) < 4.78 is 11.3. The maximum atomic E-state index is 12.1. The zero-order valence-corrected chi connectivity index (χ0v) is 14.2. The van der Waals surface area contributed by atoms with Gasteiger partial charge in [0.1, 0.15) is 12.7 Å². The van der Waals surface area contributed by atoms with Crippen LogP contribution in [-0.2, 0) is 9.59 Å². The molecule has 0 saturated carbocycles. The number of hydrogen-bond acceptors (Lipinski definition) is 4. The summed E-state index contributed by atoms with van der Waals surface area (Å²) in [6, 6.07) is 12.9. The Morgan fingerprint density at radius 2 is 1.80 bits per heavy atom. The smallest absolute Gasteiger partial charge is 0.313 e. The Morgan fingerprint density at radius 3 is 2.60 bits per heavy atom. The van der Waals surface area contributed by atoms with Crippen LogP contribution in [0.4, 0.5) is 5.69 Å². The Labute approximate surface area is 146 Å². The average molecular weight is 340 g/mol. The van der Waals surface area contributed by atoms with Gasteiger partial charge in [0, 0.05) is 5.69 Å². The van der Waals surface area contributed by atoms with Gasteiger partial charge in [-0.15, -0.1) is 0 Å². The number of para-hydroxylation sites is 2. The summed E-state index contributed by atoms with van der Waals surface area (Å²) in [6.45, 7) is 4.35. The molecule has 0 spiro atoms. The van der Waals surface area contributed by atoms with Crippen LogP contribution in [0, 0.1) is 13.8 Å². The van der Waals surface area contributed by atoms with Crippen molar-refractivity contribution in [2.75, 3.05) is 18.5 Å². The number of anilines is 1. The van der Waals surface area contributed by atoms with E-state index >= 15 is 0 Å². The maximum absolute atomic E-state index is 12.1. The van der Waals surface area contributed by atoms with E-state index in [1.54, 1.807) is 12.1 Å². The fourth-order valence-electron chi connectivity index (χ4n) is 2.52. The third-order valence-electron chi connectivity index (χ3n) is 4.12. The molecule has 1 unspecified atom stereocenters. The van der Waals surface area contributed by atoms with Crippen molar-refractivity contribution in [1.29, 1.82) is 0 Å². The lowest BCUT2D eigenvalue weighted by atomic mass is 10.1. The molecule has 6 nitrogen and oxygen atoms in total. The van der Waals surface area contributed by atoms with E-state index in [4.69, 9.17) is 9.47 Å². The zero-order valence-electron chi connectivity index (χ0n) is 14.2. The minimum Gasteiger partial charge on any atom is -0.486 e. The minimum atomic E-state index is -0.705. The maximum Gasteiger partial charge on any atom is 0.313 e. The number of fused-ring (bicyclic) bond motifs is 1. The van der Waals surface area contributed by atoms with Gasteiger partial charge in [0.2, 0.25) is 0 Å². The van der Waals surface area contributed by atoms with E-state index in [1.807, 2.05) is 44.2 Å². The van der Waals surface area contributed by atoms with Crippen LogP contribution in [0.15, 0.2) is 42.5 Å². The highest BCUT2D eigenvalue weighted by molar-refractivity contribution is 6.39. The zero-order chi connectivity index (χ0) is 17.8. The summed E-state index contributed by atoms with van der Waals surface area (Å²) in [6.07, 6.45) is -0.340. The van der Waals surface area contributed by atoms with Crippen LogP contribution >= 0.6 is 0 Å². The van der Waals surface area contributed by atoms with E-state index in [0.29, 0.717) is 23.8 Å². The third kappa shape index (κ3) is 3.91. The predicted molar refractivity (Wildman–Crippen MR) is 93.9 cm³/mol. The molecule has 0 saturated heterocycles. The van der Waals surface area contributed by atoms with E-state index in [0.717, 1.165) is 11.1 Å². The number of rotatable bonds is 3. The SMILES string of the molecule is Cc1cccc(NC(=O)C(=O)NCC2COc3ccccc3O2)c1C. The molecule has 2 amide bonds. The van der Waals surface area contributed by atoms with Crippen LogP contribution in [0.25, 0.3) is 0 Å². The number of carbonyl (C=O) groups excluding carboxylic acids is 2. The number of nitrogens with one attached hydrogen (secondary N) is 2. The van der Waals surface area contributed by atoms with Gasteiger partial charge >= 0.3 is 11.8 Å². The second-order valence-corrected chi connectivity index (χ2v) is 5.91. The van der Waals surface area contributed by atoms with Crippen LogP contribution < -0.4 is 20.1 Å². The number of benzene rings is 2. The first kappa shape index (κ1) is 16.8. The van der Waals surface area contributed by atoms with E-state index in [2.05, 4.69) is 10.6 Å². The van der Waals surface area contributed by atoms with E-state index in [-0.39, 0.29) is 12.6 Å². The topological polar surface area (TPSA) is 76.7 Å². The van der Waals surface area contributed by atoms with Crippen molar-refractivity contribution in [3.63, 3.8) is 0 Å². The molecule has 130 valence electrons. The first-order chi connectivity index (χ1) is 12.0. The van der Waals surface area contributed by atoms with Gasteiger partial charge in [-0.3, -0.25) is 9.59 Å². The fourth-order valence-corrected chi connectivity index (χ4v) is 2.52. The molecular formula is C19H20N2O4. The molecule has 2 aromatic rings. The molecule has 0 aromatic heterocycles. The van der Waals surface area contributed by atoms with Crippen molar-refractivity contribution in [3.05, 3.63) is 53.6 Å². The molecule has 0 aliphatic carbocycles. The molecule has 0 bridgehead atoms. The first-order valence-electron chi connectivity index (χ1n) is 8.08. The summed E-state index contributed by atoms with van der Waals surface area (Å²) in [5.41, 5.74) is 2.61. The second kappa shape index (κ2) is 7.25. The Balaban J connectivity index is 1.53. The van der Waals surface area contributed by atoms with Gasteiger partial charge in [-0.2, -0.15) is 0 Å². The van der Waals surface area contributed by atoms with Gasteiger partial charge in [-0.1, -0.05) is 24.3 Å². The Kier molecular flexibility index (Phi) is 4.88. The lowest BCUT2D eigenvalue weighted by Gasteiger charge is -2.26. The van der Waals surface area contributed by atoms with E-state index in [9.17, 15) is 9.59 Å². The largest absolute Gasteiger partial charge is 0.486 e. The molecule has 0 fully saturated rings. The van der Waals surface area contributed by atoms with Crippen LogP contribution in [0.2, 0.25) is 0 Å². The molecule has 3 rings (SSSR count). The molecule has 25 heavy (non-hydrogen) atoms. The van der Waals surface area contributed by atoms with Crippen LogP contribution in [0.1, 0.15) is 11.1 Å². The summed E-state index contributed by atoms with van der Waals surface area (Å²) in [4.78, 5) is 24.1. The highest BCUT2D eigenvalue weighted by Crippen LogP contribution is 2.30. The first-order valence-corrected chi connectivity index (χ1v) is 8.08. The van der Waals surface area contributed by atoms with Crippen molar-refractivity contribution in [2.45, 2.75) is 20.0 Å². The molecular weight excluding hydrogens is 320 g/mol. The summed E-state index contributed by atoms with van der Waals surface area (Å²) >= 11 is 0. The predicted octanol–water partition coefficient (Wildman–Crippen LogP) is 2.20. The quantitative estimate of drug-likeness (QED) is 0.840. The van der Waals surface area contributed by atoms with Gasteiger partial charge < -0.3 is 20.1 Å². The van der Waals surface area contributed by atoms with Crippen molar-refractivity contribution in [2.24, 2.45) is 0 Å². The molecule has 2 N–H and O–H groups in total. The van der Waals surface area contributed by atoms with Crippen LogP contribution in [-0.4, -0.2) is 31.1 Å². The van der Waals surface area contributed by atoms with Gasteiger partial charge in [0.05, 0.1) is 6.54 Å². The summed E-state index contributed by atoms with van der Waals surface area (Å²) in [7, 11) is 0. The highest BCUT2D eigenvalue weighted by atomic mass is 16.6. The lowest BCUT2D eigenvalue weighted by molar-refractivity contribution is -0.136. The third-order valence-corrected chi connectivity index (χ3v) is 4.12. The fraction of sp³-hybridized carbons (Fsp3) is 0.263.